The molecule has 2 unspecified atom stereocenters. The summed E-state index contributed by atoms with van der Waals surface area (Å²) in [6, 6.07) is 8.30. The number of rotatable bonds is 8. The Morgan fingerprint density at radius 2 is 1.78 bits per heavy atom. The first kappa shape index (κ1) is 15.2. The average molecular weight is 251 g/mol. The van der Waals surface area contributed by atoms with Gasteiger partial charge in [0.2, 0.25) is 0 Å². The maximum absolute atomic E-state index is 5.98. The lowest BCUT2D eigenvalue weighted by Crippen LogP contribution is -2.28. The Morgan fingerprint density at radius 3 is 2.33 bits per heavy atom. The van der Waals surface area contributed by atoms with Crippen LogP contribution in [-0.4, -0.2) is 25.9 Å². The number of nitrogens with two attached hydrogens (primary N) is 1. The lowest BCUT2D eigenvalue weighted by atomic mass is 10.0. The lowest BCUT2D eigenvalue weighted by molar-refractivity contribution is -0.00471. The van der Waals surface area contributed by atoms with Gasteiger partial charge in [-0.25, -0.2) is 0 Å². The van der Waals surface area contributed by atoms with Crippen LogP contribution in [0.1, 0.15) is 37.5 Å². The molecule has 3 nitrogen and oxygen atoms in total. The molecule has 0 aromatic heterocycles. The molecular formula is C15H25NO2. The predicted octanol–water partition coefficient (Wildman–Crippen LogP) is 2.83. The van der Waals surface area contributed by atoms with Gasteiger partial charge in [-0.05, 0) is 25.8 Å². The van der Waals surface area contributed by atoms with E-state index in [1.807, 2.05) is 6.92 Å². The Hall–Kier alpha value is -0.900. The number of benzene rings is 1. The summed E-state index contributed by atoms with van der Waals surface area (Å²) in [6.07, 6.45) is 0.977. The molecule has 0 amide bonds. The van der Waals surface area contributed by atoms with Gasteiger partial charge in [0.1, 0.15) is 0 Å². The summed E-state index contributed by atoms with van der Waals surface area (Å²) in [5.41, 5.74) is 8.36. The molecule has 1 rings (SSSR count). The Balaban J connectivity index is 2.47. The van der Waals surface area contributed by atoms with E-state index in [1.165, 1.54) is 5.56 Å². The smallest absolute Gasteiger partial charge is 0.0974 e. The summed E-state index contributed by atoms with van der Waals surface area (Å²) < 4.78 is 11.2. The van der Waals surface area contributed by atoms with Crippen molar-refractivity contribution < 1.29 is 9.47 Å². The molecule has 0 saturated heterocycles. The fourth-order valence-corrected chi connectivity index (χ4v) is 1.79. The zero-order chi connectivity index (χ0) is 13.4. The van der Waals surface area contributed by atoms with Gasteiger partial charge in [-0.1, -0.05) is 36.8 Å². The van der Waals surface area contributed by atoms with Gasteiger partial charge < -0.3 is 15.2 Å². The zero-order valence-electron chi connectivity index (χ0n) is 11.7. The molecule has 0 aliphatic carbocycles. The van der Waals surface area contributed by atoms with Crippen LogP contribution in [0.25, 0.3) is 0 Å². The molecule has 18 heavy (non-hydrogen) atoms. The first-order valence-corrected chi connectivity index (χ1v) is 6.66. The Bertz CT molecular complexity index is 322. The van der Waals surface area contributed by atoms with Gasteiger partial charge in [0.15, 0.2) is 0 Å². The number of ether oxygens (including phenoxy) is 2. The van der Waals surface area contributed by atoms with Crippen molar-refractivity contribution in [3.8, 4) is 0 Å². The van der Waals surface area contributed by atoms with E-state index in [2.05, 4.69) is 38.1 Å². The van der Waals surface area contributed by atoms with Gasteiger partial charge >= 0.3 is 0 Å². The van der Waals surface area contributed by atoms with Crippen molar-refractivity contribution in [1.29, 1.82) is 0 Å². The third-order valence-electron chi connectivity index (χ3n) is 2.76. The number of hydrogen-bond donors (Lipinski definition) is 1. The van der Waals surface area contributed by atoms with Gasteiger partial charge in [-0.3, -0.25) is 0 Å². The highest BCUT2D eigenvalue weighted by atomic mass is 16.5. The second-order valence-electron chi connectivity index (χ2n) is 4.67. The van der Waals surface area contributed by atoms with Gasteiger partial charge in [0.05, 0.1) is 19.3 Å². The molecule has 0 heterocycles. The minimum Gasteiger partial charge on any atom is -0.379 e. The Labute approximate surface area is 110 Å². The molecule has 2 N–H and O–H groups in total. The minimum atomic E-state index is -0.0594. The predicted molar refractivity (Wildman–Crippen MR) is 74.6 cm³/mol. The normalized spacial score (nSPS) is 14.4. The molecule has 0 aliphatic rings. The maximum atomic E-state index is 5.98. The zero-order valence-corrected chi connectivity index (χ0v) is 11.7. The van der Waals surface area contributed by atoms with Crippen molar-refractivity contribution in [3.63, 3.8) is 0 Å². The van der Waals surface area contributed by atoms with Gasteiger partial charge in [0.25, 0.3) is 0 Å². The molecular weight excluding hydrogens is 226 g/mol. The van der Waals surface area contributed by atoms with Crippen molar-refractivity contribution in [3.05, 3.63) is 35.4 Å². The SMILES string of the molecule is CCCOCCOC(c1ccc(C)cc1)C(C)N. The number of hydrogen-bond acceptors (Lipinski definition) is 3. The number of aryl methyl sites for hydroxylation is 1. The van der Waals surface area contributed by atoms with Crippen LogP contribution in [0.3, 0.4) is 0 Å². The van der Waals surface area contributed by atoms with Gasteiger partial charge in [-0.2, -0.15) is 0 Å². The molecule has 0 bridgehead atoms. The fraction of sp³-hybridized carbons (Fsp3) is 0.600. The summed E-state index contributed by atoms with van der Waals surface area (Å²) in [4.78, 5) is 0. The topological polar surface area (TPSA) is 44.5 Å². The van der Waals surface area contributed by atoms with E-state index in [-0.39, 0.29) is 12.1 Å². The first-order valence-electron chi connectivity index (χ1n) is 6.66. The van der Waals surface area contributed by atoms with Crippen LogP contribution in [0.5, 0.6) is 0 Å². The molecule has 2 atom stereocenters. The van der Waals surface area contributed by atoms with Crippen LogP contribution in [0, 0.1) is 6.92 Å². The third kappa shape index (κ3) is 5.17. The van der Waals surface area contributed by atoms with Crippen molar-refractivity contribution in [2.24, 2.45) is 5.73 Å². The van der Waals surface area contributed by atoms with Crippen molar-refractivity contribution >= 4 is 0 Å². The van der Waals surface area contributed by atoms with E-state index in [1.54, 1.807) is 0 Å². The Kier molecular flexibility index (Phi) is 6.94. The highest BCUT2D eigenvalue weighted by Crippen LogP contribution is 2.20. The second-order valence-corrected chi connectivity index (χ2v) is 4.67. The van der Waals surface area contributed by atoms with Crippen LogP contribution in [0.4, 0.5) is 0 Å². The summed E-state index contributed by atoms with van der Waals surface area (Å²) in [5, 5.41) is 0. The van der Waals surface area contributed by atoms with Crippen LogP contribution >= 0.6 is 0 Å². The van der Waals surface area contributed by atoms with E-state index in [0.717, 1.165) is 18.6 Å². The minimum absolute atomic E-state index is 0.0288. The molecule has 0 saturated carbocycles. The van der Waals surface area contributed by atoms with E-state index in [9.17, 15) is 0 Å². The van der Waals surface area contributed by atoms with Gasteiger partial charge in [0, 0.05) is 12.6 Å². The van der Waals surface area contributed by atoms with Crippen LogP contribution < -0.4 is 5.73 Å². The monoisotopic (exact) mass is 251 g/mol. The van der Waals surface area contributed by atoms with E-state index in [4.69, 9.17) is 15.2 Å². The average Bonchev–Trinajstić information content (AvgIpc) is 2.35. The second kappa shape index (κ2) is 8.25. The largest absolute Gasteiger partial charge is 0.379 e. The molecule has 0 fully saturated rings. The molecule has 1 aromatic carbocycles. The van der Waals surface area contributed by atoms with Gasteiger partial charge in [-0.15, -0.1) is 0 Å². The third-order valence-corrected chi connectivity index (χ3v) is 2.76. The van der Waals surface area contributed by atoms with Crippen LogP contribution in [0.2, 0.25) is 0 Å². The first-order chi connectivity index (χ1) is 8.65. The fourth-order valence-electron chi connectivity index (χ4n) is 1.79. The molecule has 3 heteroatoms. The van der Waals surface area contributed by atoms with E-state index >= 15 is 0 Å². The summed E-state index contributed by atoms with van der Waals surface area (Å²) in [7, 11) is 0. The van der Waals surface area contributed by atoms with Crippen molar-refractivity contribution in [2.75, 3.05) is 19.8 Å². The highest BCUT2D eigenvalue weighted by molar-refractivity contribution is 5.24. The van der Waals surface area contributed by atoms with Crippen molar-refractivity contribution in [1.82, 2.24) is 0 Å². The van der Waals surface area contributed by atoms with E-state index in [0.29, 0.717) is 13.2 Å². The van der Waals surface area contributed by atoms with Crippen LogP contribution in [0.15, 0.2) is 24.3 Å². The van der Waals surface area contributed by atoms with Crippen LogP contribution in [-0.2, 0) is 9.47 Å². The summed E-state index contributed by atoms with van der Waals surface area (Å²) in [5.74, 6) is 0. The lowest BCUT2D eigenvalue weighted by Gasteiger charge is -2.22. The molecule has 1 aromatic rings. The quantitative estimate of drug-likeness (QED) is 0.723. The molecule has 0 aliphatic heterocycles. The molecule has 0 radical (unpaired) electrons. The standard InChI is InChI=1S/C15H25NO2/c1-4-9-17-10-11-18-15(13(3)16)14-7-5-12(2)6-8-14/h5-8,13,15H,4,9-11,16H2,1-3H3. The van der Waals surface area contributed by atoms with Crippen molar-refractivity contribution in [2.45, 2.75) is 39.3 Å². The summed E-state index contributed by atoms with van der Waals surface area (Å²) >= 11 is 0. The molecule has 102 valence electrons. The molecule has 0 spiro atoms. The summed E-state index contributed by atoms with van der Waals surface area (Å²) in [6.45, 7) is 8.14. The van der Waals surface area contributed by atoms with E-state index < -0.39 is 0 Å². The maximum Gasteiger partial charge on any atom is 0.0974 e. The highest BCUT2D eigenvalue weighted by Gasteiger charge is 2.16. The Morgan fingerprint density at radius 1 is 1.11 bits per heavy atom.